The highest BCUT2D eigenvalue weighted by Crippen LogP contribution is 2.26. The van der Waals surface area contributed by atoms with Crippen molar-refractivity contribution in [1.82, 2.24) is 14.5 Å². The Balaban J connectivity index is 1.47. The van der Waals surface area contributed by atoms with E-state index in [0.29, 0.717) is 10.2 Å². The number of carboxylic acids is 1. The smallest absolute Gasteiger partial charge is 0.308 e. The summed E-state index contributed by atoms with van der Waals surface area (Å²) < 4.78 is 27.7. The predicted octanol–water partition coefficient (Wildman–Crippen LogP) is 4.85. The average molecular weight is 514 g/mol. The zero-order chi connectivity index (χ0) is 24.1. The molecule has 174 valence electrons. The Labute approximate surface area is 206 Å². The molecule has 0 bridgehead atoms. The standard InChI is InChI=1S/C24H20ClN3O4S2/c25-20-7-3-17(4-8-20)18-5-9-22(10-6-18)34(31,32)16-19(23(29)30)15-33-24-27-12-13-28(24)21-2-1-11-26-14-21/h1-14,19H,15-16H2,(H,29,30). The number of sulfone groups is 1. The Morgan fingerprint density at radius 2 is 1.71 bits per heavy atom. The fraction of sp³-hybridized carbons (Fsp3) is 0.125. The van der Waals surface area contributed by atoms with Gasteiger partial charge in [-0.1, -0.05) is 47.6 Å². The van der Waals surface area contributed by atoms with Gasteiger partial charge in [-0.3, -0.25) is 14.3 Å². The maximum Gasteiger partial charge on any atom is 0.308 e. The van der Waals surface area contributed by atoms with E-state index in [0.717, 1.165) is 16.8 Å². The number of aromatic nitrogens is 3. The molecule has 0 spiro atoms. The second kappa shape index (κ2) is 10.4. The van der Waals surface area contributed by atoms with E-state index in [9.17, 15) is 18.3 Å². The first-order valence-electron chi connectivity index (χ1n) is 10.2. The van der Waals surface area contributed by atoms with Gasteiger partial charge >= 0.3 is 5.97 Å². The first-order valence-corrected chi connectivity index (χ1v) is 13.2. The highest BCUT2D eigenvalue weighted by Gasteiger charge is 2.27. The molecule has 7 nitrogen and oxygen atoms in total. The number of benzene rings is 2. The number of carboxylic acid groups (broad SMARTS) is 1. The van der Waals surface area contributed by atoms with E-state index >= 15 is 0 Å². The summed E-state index contributed by atoms with van der Waals surface area (Å²) in [5.74, 6) is -2.74. The molecule has 0 fully saturated rings. The highest BCUT2D eigenvalue weighted by atomic mass is 35.5. The van der Waals surface area contributed by atoms with Crippen molar-refractivity contribution >= 4 is 39.2 Å². The molecule has 1 atom stereocenters. The molecular weight excluding hydrogens is 494 g/mol. The van der Waals surface area contributed by atoms with Gasteiger partial charge in [-0.15, -0.1) is 0 Å². The van der Waals surface area contributed by atoms with Crippen LogP contribution in [0.1, 0.15) is 0 Å². The fourth-order valence-corrected chi connectivity index (χ4v) is 6.17. The Morgan fingerprint density at radius 3 is 2.32 bits per heavy atom. The van der Waals surface area contributed by atoms with Crippen LogP contribution in [0.5, 0.6) is 0 Å². The number of carbonyl (C=O) groups is 1. The summed E-state index contributed by atoms with van der Waals surface area (Å²) in [6.45, 7) is 0. The molecule has 34 heavy (non-hydrogen) atoms. The van der Waals surface area contributed by atoms with Gasteiger partial charge in [0.2, 0.25) is 0 Å². The molecule has 4 rings (SSSR count). The molecule has 10 heteroatoms. The quantitative estimate of drug-likeness (QED) is 0.319. The highest BCUT2D eigenvalue weighted by molar-refractivity contribution is 7.99. The summed E-state index contributed by atoms with van der Waals surface area (Å²) >= 11 is 7.11. The van der Waals surface area contributed by atoms with Crippen molar-refractivity contribution in [3.63, 3.8) is 0 Å². The van der Waals surface area contributed by atoms with Gasteiger partial charge < -0.3 is 5.11 Å². The van der Waals surface area contributed by atoms with Crippen LogP contribution in [0, 0.1) is 5.92 Å². The molecule has 4 aromatic rings. The van der Waals surface area contributed by atoms with Crippen molar-refractivity contribution in [3.05, 3.63) is 90.5 Å². The van der Waals surface area contributed by atoms with Gasteiger partial charge in [-0.2, -0.15) is 0 Å². The Kier molecular flexibility index (Phi) is 7.35. The molecule has 0 aliphatic heterocycles. The summed E-state index contributed by atoms with van der Waals surface area (Å²) in [5, 5.41) is 10.9. The number of pyridine rings is 1. The number of nitrogens with zero attached hydrogens (tertiary/aromatic N) is 3. The maximum absolute atomic E-state index is 13.0. The number of hydrogen-bond acceptors (Lipinski definition) is 6. The Morgan fingerprint density at radius 1 is 1.03 bits per heavy atom. The molecule has 2 aromatic carbocycles. The van der Waals surface area contributed by atoms with Crippen LogP contribution in [0.15, 0.2) is 95.5 Å². The lowest BCUT2D eigenvalue weighted by Crippen LogP contribution is -2.26. The van der Waals surface area contributed by atoms with Crippen LogP contribution >= 0.6 is 23.4 Å². The van der Waals surface area contributed by atoms with Crippen molar-refractivity contribution < 1.29 is 18.3 Å². The largest absolute Gasteiger partial charge is 0.481 e. The van der Waals surface area contributed by atoms with Gasteiger partial charge in [0.25, 0.3) is 0 Å². The third-order valence-electron chi connectivity index (χ3n) is 5.11. The van der Waals surface area contributed by atoms with Crippen LogP contribution in [0.3, 0.4) is 0 Å². The average Bonchev–Trinajstić information content (AvgIpc) is 3.31. The minimum absolute atomic E-state index is 0.0503. The van der Waals surface area contributed by atoms with E-state index in [-0.39, 0.29) is 10.6 Å². The van der Waals surface area contributed by atoms with Crippen LogP contribution in [-0.2, 0) is 14.6 Å². The molecular formula is C24H20ClN3O4S2. The predicted molar refractivity (Wildman–Crippen MR) is 132 cm³/mol. The number of hydrogen-bond donors (Lipinski definition) is 1. The molecule has 0 saturated heterocycles. The van der Waals surface area contributed by atoms with Crippen LogP contribution in [0.4, 0.5) is 0 Å². The summed E-state index contributed by atoms with van der Waals surface area (Å²) in [5.41, 5.74) is 2.52. The molecule has 0 radical (unpaired) electrons. The monoisotopic (exact) mass is 513 g/mol. The van der Waals surface area contributed by atoms with Gasteiger partial charge in [0.15, 0.2) is 15.0 Å². The molecule has 0 amide bonds. The van der Waals surface area contributed by atoms with Crippen molar-refractivity contribution in [2.24, 2.45) is 5.92 Å². The lowest BCUT2D eigenvalue weighted by Gasteiger charge is -2.14. The first-order chi connectivity index (χ1) is 16.3. The third-order valence-corrected chi connectivity index (χ3v) is 8.32. The second-order valence-corrected chi connectivity index (χ2v) is 10.9. The van der Waals surface area contributed by atoms with Gasteiger partial charge in [-0.25, -0.2) is 13.4 Å². The number of rotatable bonds is 9. The van der Waals surface area contributed by atoms with E-state index in [4.69, 9.17) is 11.6 Å². The van der Waals surface area contributed by atoms with Crippen LogP contribution in [-0.4, -0.2) is 45.5 Å². The number of imidazole rings is 1. The summed E-state index contributed by atoms with van der Waals surface area (Å²) in [6, 6.07) is 17.3. The van der Waals surface area contributed by atoms with Gasteiger partial charge in [-0.05, 0) is 47.5 Å². The van der Waals surface area contributed by atoms with Crippen LogP contribution in [0.25, 0.3) is 16.8 Å². The molecule has 0 aliphatic rings. The van der Waals surface area contributed by atoms with E-state index in [1.54, 1.807) is 59.7 Å². The molecule has 1 unspecified atom stereocenters. The van der Waals surface area contributed by atoms with Crippen LogP contribution in [0.2, 0.25) is 5.02 Å². The first kappa shape index (κ1) is 24.0. The van der Waals surface area contributed by atoms with E-state index in [1.807, 2.05) is 18.2 Å². The van der Waals surface area contributed by atoms with Gasteiger partial charge in [0, 0.05) is 29.4 Å². The summed E-state index contributed by atoms with van der Waals surface area (Å²) in [7, 11) is -3.82. The topological polar surface area (TPSA) is 102 Å². The zero-order valence-corrected chi connectivity index (χ0v) is 20.2. The van der Waals surface area contributed by atoms with Gasteiger partial charge in [0.05, 0.1) is 28.5 Å². The van der Waals surface area contributed by atoms with E-state index < -0.39 is 27.5 Å². The summed E-state index contributed by atoms with van der Waals surface area (Å²) in [4.78, 5) is 20.3. The Hall–Kier alpha value is -3.14. The SMILES string of the molecule is O=C(O)C(CSc1nccn1-c1cccnc1)CS(=O)(=O)c1ccc(-c2ccc(Cl)cc2)cc1. The number of thioether (sulfide) groups is 1. The van der Waals surface area contributed by atoms with Crippen molar-refractivity contribution in [2.75, 3.05) is 11.5 Å². The van der Waals surface area contributed by atoms with Crippen LogP contribution < -0.4 is 0 Å². The van der Waals surface area contributed by atoms with Crippen molar-refractivity contribution in [2.45, 2.75) is 10.1 Å². The lowest BCUT2D eigenvalue weighted by molar-refractivity contribution is -0.140. The van der Waals surface area contributed by atoms with E-state index in [2.05, 4.69) is 9.97 Å². The zero-order valence-electron chi connectivity index (χ0n) is 17.8. The number of aliphatic carboxylic acids is 1. The molecule has 0 saturated carbocycles. The minimum Gasteiger partial charge on any atom is -0.481 e. The molecule has 0 aliphatic carbocycles. The van der Waals surface area contributed by atoms with Crippen molar-refractivity contribution in [3.8, 4) is 16.8 Å². The Bertz CT molecular complexity index is 1370. The van der Waals surface area contributed by atoms with Crippen molar-refractivity contribution in [1.29, 1.82) is 0 Å². The molecule has 2 aromatic heterocycles. The second-order valence-electron chi connectivity index (χ2n) is 7.45. The molecule has 1 N–H and O–H groups in total. The third kappa shape index (κ3) is 5.67. The minimum atomic E-state index is -3.82. The maximum atomic E-state index is 13.0. The molecule has 2 heterocycles. The summed E-state index contributed by atoms with van der Waals surface area (Å²) in [6.07, 6.45) is 6.66. The number of halogens is 1. The van der Waals surface area contributed by atoms with Gasteiger partial charge in [0.1, 0.15) is 0 Å². The fourth-order valence-electron chi connectivity index (χ4n) is 3.31. The normalized spacial score (nSPS) is 12.4. The van der Waals surface area contributed by atoms with E-state index in [1.165, 1.54) is 23.9 Å². The lowest BCUT2D eigenvalue weighted by atomic mass is 10.1.